The van der Waals surface area contributed by atoms with Crippen LogP contribution >= 0.6 is 0 Å². The summed E-state index contributed by atoms with van der Waals surface area (Å²) in [5, 5.41) is 0.0783. The largest absolute Gasteiger partial charge is 0.456 e. The van der Waals surface area contributed by atoms with Gasteiger partial charge in [0.2, 0.25) is 0 Å². The van der Waals surface area contributed by atoms with Gasteiger partial charge in [0.05, 0.1) is 31.0 Å². The van der Waals surface area contributed by atoms with Crippen LogP contribution in [0.4, 0.5) is 0 Å². The van der Waals surface area contributed by atoms with Gasteiger partial charge in [-0.3, -0.25) is 0 Å². The SMILES string of the molecule is C=C1C[C@H](C)C[C@@H]2CC=C[C@@H](C/C=C\C(=O)O[C@H]([C@@H](/C=C/[C@@H]3CC(C)=CCO3)OC)C/C=C/[C@@H](O[Si](C)(C)C(C)(C)C)C1)O2. The second-order valence-electron chi connectivity index (χ2n) is 14.4. The van der Waals surface area contributed by atoms with Crippen LogP contribution in [0.15, 0.2) is 72.4 Å². The number of methoxy groups -OCH3 is 1. The topological polar surface area (TPSA) is 63.2 Å². The van der Waals surface area contributed by atoms with Gasteiger partial charge in [-0.2, -0.15) is 0 Å². The van der Waals surface area contributed by atoms with Crippen molar-refractivity contribution in [3.8, 4) is 0 Å². The molecule has 0 fully saturated rings. The molecule has 0 amide bonds. The van der Waals surface area contributed by atoms with Crippen LogP contribution < -0.4 is 0 Å². The first kappa shape index (κ1) is 36.4. The van der Waals surface area contributed by atoms with Crippen molar-refractivity contribution in [2.45, 2.75) is 134 Å². The molecule has 3 heterocycles. The molecule has 7 heteroatoms. The van der Waals surface area contributed by atoms with Gasteiger partial charge in [0.25, 0.3) is 0 Å². The van der Waals surface area contributed by atoms with E-state index < -0.39 is 20.5 Å². The third-order valence-corrected chi connectivity index (χ3v) is 13.7. The molecule has 3 rings (SSSR count). The van der Waals surface area contributed by atoms with Crippen molar-refractivity contribution in [3.05, 3.63) is 72.4 Å². The van der Waals surface area contributed by atoms with Crippen LogP contribution in [-0.4, -0.2) is 64.6 Å². The summed E-state index contributed by atoms with van der Waals surface area (Å²) in [5.74, 6) is 0.0627. The fraction of sp³-hybridized carbons (Fsp3) is 0.649. The molecule has 0 N–H and O–H groups in total. The van der Waals surface area contributed by atoms with Gasteiger partial charge in [-0.05, 0) is 69.5 Å². The lowest BCUT2D eigenvalue weighted by atomic mass is 9.91. The molecule has 246 valence electrons. The molecule has 0 aromatic heterocycles. The summed E-state index contributed by atoms with van der Waals surface area (Å²) in [6, 6.07) is 0. The minimum atomic E-state index is -2.05. The highest BCUT2D eigenvalue weighted by atomic mass is 28.4. The average Bonchev–Trinajstić information content (AvgIpc) is 2.92. The highest BCUT2D eigenvalue weighted by Gasteiger charge is 2.39. The Morgan fingerprint density at radius 2 is 1.82 bits per heavy atom. The third-order valence-electron chi connectivity index (χ3n) is 9.19. The molecule has 0 radical (unpaired) electrons. The van der Waals surface area contributed by atoms with E-state index in [0.717, 1.165) is 32.1 Å². The number of carbonyl (C=O) groups is 1. The number of hydrogen-bond acceptors (Lipinski definition) is 6. The van der Waals surface area contributed by atoms with E-state index in [0.29, 0.717) is 25.4 Å². The lowest BCUT2D eigenvalue weighted by molar-refractivity contribution is -0.148. The molecule has 3 aliphatic rings. The first-order valence-electron chi connectivity index (χ1n) is 16.4. The molecule has 0 aromatic carbocycles. The van der Waals surface area contributed by atoms with E-state index >= 15 is 0 Å². The maximum absolute atomic E-state index is 13.0. The first-order valence-corrected chi connectivity index (χ1v) is 19.3. The summed E-state index contributed by atoms with van der Waals surface area (Å²) in [5.41, 5.74) is 2.50. The van der Waals surface area contributed by atoms with Crippen molar-refractivity contribution < 1.29 is 28.2 Å². The van der Waals surface area contributed by atoms with Crippen molar-refractivity contribution >= 4 is 14.3 Å². The zero-order chi connectivity index (χ0) is 32.3. The number of ether oxygens (including phenoxy) is 4. The van der Waals surface area contributed by atoms with Crippen LogP contribution in [0.2, 0.25) is 18.1 Å². The molecule has 0 unspecified atom stereocenters. The predicted octanol–water partition coefficient (Wildman–Crippen LogP) is 8.58. The molecule has 3 aliphatic heterocycles. The van der Waals surface area contributed by atoms with E-state index in [1.807, 2.05) is 18.2 Å². The van der Waals surface area contributed by atoms with E-state index in [2.05, 4.69) is 84.7 Å². The maximum atomic E-state index is 13.0. The molecular weight excluding hydrogens is 568 g/mol. The number of hydrogen-bond donors (Lipinski definition) is 0. The number of esters is 1. The van der Waals surface area contributed by atoms with Crippen LogP contribution in [0.5, 0.6) is 0 Å². The summed E-state index contributed by atoms with van der Waals surface area (Å²) in [6.07, 6.45) is 22.6. The highest BCUT2D eigenvalue weighted by molar-refractivity contribution is 6.74. The fourth-order valence-corrected chi connectivity index (χ4v) is 6.97. The van der Waals surface area contributed by atoms with Crippen LogP contribution in [0.25, 0.3) is 0 Å². The number of carbonyl (C=O) groups excluding carboxylic acids is 1. The molecule has 2 bridgehead atoms. The molecule has 6 nitrogen and oxygen atoms in total. The van der Waals surface area contributed by atoms with Gasteiger partial charge in [0.1, 0.15) is 12.2 Å². The Balaban J connectivity index is 1.87. The quantitative estimate of drug-likeness (QED) is 0.167. The summed E-state index contributed by atoms with van der Waals surface area (Å²) < 4.78 is 31.1. The van der Waals surface area contributed by atoms with Crippen LogP contribution in [0, 0.1) is 5.92 Å². The van der Waals surface area contributed by atoms with Crippen molar-refractivity contribution in [2.75, 3.05) is 13.7 Å². The molecule has 7 atom stereocenters. The van der Waals surface area contributed by atoms with E-state index in [4.69, 9.17) is 23.4 Å². The standard InChI is InChI=1S/C37H58O6Si/c1-27-21-22-40-31(24-27)19-20-34(39-7)35-17-11-16-33(43-44(8,9)37(4,5)6)26-29(3)23-28(2)25-32-15-10-13-30(41-32)14-12-18-36(38)42-35/h10-13,16,18-21,28,30-35H,3,14-15,17,22-26H2,1-2,4-9H3/b16-11+,18-12-,20-19+/t28-,30-,31+,32-,33+,34+,35-/m0/s1. The van der Waals surface area contributed by atoms with E-state index in [-0.39, 0.29) is 35.4 Å². The zero-order valence-corrected chi connectivity index (χ0v) is 29.6. The first-order chi connectivity index (χ1) is 20.8. The normalized spacial score (nSPS) is 32.3. The van der Waals surface area contributed by atoms with Gasteiger partial charge in [-0.15, -0.1) is 0 Å². The van der Waals surface area contributed by atoms with Crippen molar-refractivity contribution in [2.24, 2.45) is 5.92 Å². The predicted molar refractivity (Wildman–Crippen MR) is 182 cm³/mol. The molecule has 0 spiro atoms. The summed E-state index contributed by atoms with van der Waals surface area (Å²) in [4.78, 5) is 13.0. The second-order valence-corrected chi connectivity index (χ2v) is 19.1. The van der Waals surface area contributed by atoms with Gasteiger partial charge >= 0.3 is 5.97 Å². The Morgan fingerprint density at radius 3 is 2.52 bits per heavy atom. The van der Waals surface area contributed by atoms with E-state index in [1.165, 1.54) is 17.2 Å². The lowest BCUT2D eigenvalue weighted by Crippen LogP contribution is -2.43. The molecule has 0 saturated carbocycles. The van der Waals surface area contributed by atoms with Crippen LogP contribution in [0.3, 0.4) is 0 Å². The lowest BCUT2D eigenvalue weighted by Gasteiger charge is -2.39. The Morgan fingerprint density at radius 1 is 1.07 bits per heavy atom. The Hall–Kier alpha value is -2.03. The smallest absolute Gasteiger partial charge is 0.330 e. The van der Waals surface area contributed by atoms with Gasteiger partial charge in [-0.25, -0.2) is 4.79 Å². The monoisotopic (exact) mass is 626 g/mol. The highest BCUT2D eigenvalue weighted by Crippen LogP contribution is 2.38. The molecular formula is C37H58O6Si. The molecule has 0 aliphatic carbocycles. The average molecular weight is 627 g/mol. The third kappa shape index (κ3) is 12.0. The molecule has 44 heavy (non-hydrogen) atoms. The minimum absolute atomic E-state index is 0.0221. The van der Waals surface area contributed by atoms with Crippen molar-refractivity contribution in [3.63, 3.8) is 0 Å². The Labute approximate surface area is 268 Å². The van der Waals surface area contributed by atoms with Crippen LogP contribution in [0.1, 0.15) is 79.6 Å². The van der Waals surface area contributed by atoms with Gasteiger partial charge < -0.3 is 23.4 Å². The van der Waals surface area contributed by atoms with Crippen molar-refractivity contribution in [1.29, 1.82) is 0 Å². The zero-order valence-electron chi connectivity index (χ0n) is 28.6. The summed E-state index contributed by atoms with van der Waals surface area (Å²) >= 11 is 0. The summed E-state index contributed by atoms with van der Waals surface area (Å²) in [7, 11) is -0.403. The Kier molecular flexibility index (Phi) is 14.1. The fourth-order valence-electron chi connectivity index (χ4n) is 5.70. The molecule has 0 aromatic rings. The van der Waals surface area contributed by atoms with Crippen molar-refractivity contribution in [1.82, 2.24) is 0 Å². The number of cyclic esters (lactones) is 1. The molecule has 0 saturated heterocycles. The van der Waals surface area contributed by atoms with Crippen LogP contribution in [-0.2, 0) is 28.2 Å². The van der Waals surface area contributed by atoms with Gasteiger partial charge in [-0.1, -0.05) is 94.0 Å². The van der Waals surface area contributed by atoms with Gasteiger partial charge in [0.15, 0.2) is 8.32 Å². The number of rotatable bonds is 6. The second kappa shape index (κ2) is 17.0. The van der Waals surface area contributed by atoms with Gasteiger partial charge in [0, 0.05) is 19.6 Å². The number of fused-ring (bicyclic) bond motifs is 2. The van der Waals surface area contributed by atoms with E-state index in [1.54, 1.807) is 7.11 Å². The Bertz CT molecular complexity index is 1090. The minimum Gasteiger partial charge on any atom is -0.456 e. The maximum Gasteiger partial charge on any atom is 0.330 e. The summed E-state index contributed by atoms with van der Waals surface area (Å²) in [6.45, 7) is 20.8. The van der Waals surface area contributed by atoms with E-state index in [9.17, 15) is 4.79 Å².